The average Bonchev–Trinajstić information content (AvgIpc) is 3.34. The third-order valence-corrected chi connectivity index (χ3v) is 5.28. The monoisotopic (exact) mass is 386 g/mol. The summed E-state index contributed by atoms with van der Waals surface area (Å²) < 4.78 is 4.64. The Labute approximate surface area is 154 Å². The van der Waals surface area contributed by atoms with Gasteiger partial charge < -0.3 is 5.32 Å². The molecule has 0 spiro atoms. The number of amides is 3. The van der Waals surface area contributed by atoms with E-state index >= 15 is 0 Å². The van der Waals surface area contributed by atoms with Crippen LogP contribution in [0.25, 0.3) is 17.1 Å². The van der Waals surface area contributed by atoms with Crippen molar-refractivity contribution in [2.75, 3.05) is 11.9 Å². The number of carbonyl (C=O) groups excluding carboxylic acids is 3. The number of hydrogen-bond donors (Lipinski definition) is 1. The number of anilines is 1. The zero-order valence-electron chi connectivity index (χ0n) is 13.0. The van der Waals surface area contributed by atoms with Gasteiger partial charge in [-0.2, -0.15) is 0 Å². The van der Waals surface area contributed by atoms with Gasteiger partial charge >= 0.3 is 0 Å². The number of imide groups is 1. The molecule has 8 nitrogen and oxygen atoms in total. The topological polar surface area (TPSA) is 105 Å². The van der Waals surface area contributed by atoms with Gasteiger partial charge in [0.05, 0.1) is 10.6 Å². The highest BCUT2D eigenvalue weighted by Crippen LogP contribution is 2.32. The number of hydrogen-bond acceptors (Lipinski definition) is 8. The summed E-state index contributed by atoms with van der Waals surface area (Å²) in [7, 11) is 0. The molecular formula is C16H10N4O4S2. The number of rotatable bonds is 4. The van der Waals surface area contributed by atoms with Crippen LogP contribution in [-0.4, -0.2) is 38.8 Å². The van der Waals surface area contributed by atoms with Gasteiger partial charge in [-0.15, -0.1) is 11.3 Å². The van der Waals surface area contributed by atoms with Gasteiger partial charge in [0.15, 0.2) is 5.52 Å². The Balaban J connectivity index is 1.48. The molecule has 1 fully saturated rings. The fourth-order valence-corrected chi connectivity index (χ4v) is 3.94. The van der Waals surface area contributed by atoms with Crippen molar-refractivity contribution in [1.82, 2.24) is 15.2 Å². The largest absolute Gasteiger partial charge is 0.322 e. The maximum Gasteiger partial charge on any atom is 0.294 e. The second kappa shape index (κ2) is 6.73. The van der Waals surface area contributed by atoms with Gasteiger partial charge in [-0.1, -0.05) is 12.1 Å². The van der Waals surface area contributed by atoms with E-state index in [2.05, 4.69) is 20.3 Å². The van der Waals surface area contributed by atoms with Crippen LogP contribution in [0.1, 0.15) is 4.88 Å². The highest BCUT2D eigenvalue weighted by Gasteiger charge is 2.36. The molecule has 0 saturated carbocycles. The number of nitrogens with zero attached hydrogens (tertiary/aromatic N) is 3. The zero-order valence-corrected chi connectivity index (χ0v) is 14.7. The minimum Gasteiger partial charge on any atom is -0.322 e. The van der Waals surface area contributed by atoms with Crippen LogP contribution in [-0.2, 0) is 9.59 Å². The van der Waals surface area contributed by atoms with Crippen LogP contribution in [0.3, 0.4) is 0 Å². The maximum atomic E-state index is 12.4. The highest BCUT2D eigenvalue weighted by atomic mass is 32.2. The molecule has 4 rings (SSSR count). The average molecular weight is 386 g/mol. The number of nitrogens with one attached hydrogen (secondary N) is 1. The summed E-state index contributed by atoms with van der Waals surface area (Å²) in [6.45, 7) is -0.381. The predicted molar refractivity (Wildman–Crippen MR) is 97.4 cm³/mol. The number of aromatic nitrogens is 2. The molecule has 1 saturated heterocycles. The number of thiophene rings is 1. The number of thioether (sulfide) groups is 1. The fourth-order valence-electron chi connectivity index (χ4n) is 2.38. The van der Waals surface area contributed by atoms with Crippen LogP contribution in [0.2, 0.25) is 0 Å². The molecule has 0 bridgehead atoms. The third-order valence-electron chi connectivity index (χ3n) is 3.55. The fraction of sp³-hybridized carbons (Fsp3) is 0.0625. The molecule has 130 valence electrons. The first-order chi connectivity index (χ1) is 12.6. The van der Waals surface area contributed by atoms with Crippen molar-refractivity contribution in [2.24, 2.45) is 0 Å². The highest BCUT2D eigenvalue weighted by molar-refractivity contribution is 8.18. The van der Waals surface area contributed by atoms with Gasteiger partial charge in [0, 0.05) is 4.88 Å². The molecule has 10 heteroatoms. The van der Waals surface area contributed by atoms with E-state index in [9.17, 15) is 14.4 Å². The van der Waals surface area contributed by atoms with Crippen molar-refractivity contribution in [3.05, 3.63) is 45.5 Å². The zero-order chi connectivity index (χ0) is 18.1. The number of carbonyl (C=O) groups is 3. The molecule has 0 aliphatic carbocycles. The van der Waals surface area contributed by atoms with E-state index in [1.165, 1.54) is 11.3 Å². The first kappa shape index (κ1) is 16.5. The lowest BCUT2D eigenvalue weighted by Gasteiger charge is -2.12. The molecule has 0 atom stereocenters. The first-order valence-corrected chi connectivity index (χ1v) is 9.11. The predicted octanol–water partition coefficient (Wildman–Crippen LogP) is 2.96. The first-order valence-electron chi connectivity index (χ1n) is 7.42. The molecule has 1 aliphatic heterocycles. The lowest BCUT2D eigenvalue weighted by atomic mass is 10.2. The molecule has 26 heavy (non-hydrogen) atoms. The normalized spacial score (nSPS) is 16.0. The maximum absolute atomic E-state index is 12.4. The van der Waals surface area contributed by atoms with Gasteiger partial charge in [0.1, 0.15) is 12.1 Å². The Morgan fingerprint density at radius 2 is 2.12 bits per heavy atom. The Morgan fingerprint density at radius 1 is 1.23 bits per heavy atom. The second-order valence-electron chi connectivity index (χ2n) is 5.27. The molecule has 1 aliphatic rings. The van der Waals surface area contributed by atoms with Crippen LogP contribution in [0, 0.1) is 0 Å². The van der Waals surface area contributed by atoms with E-state index in [-0.39, 0.29) is 6.54 Å². The van der Waals surface area contributed by atoms with Gasteiger partial charge in [-0.3, -0.25) is 19.3 Å². The van der Waals surface area contributed by atoms with Crippen molar-refractivity contribution < 1.29 is 19.0 Å². The van der Waals surface area contributed by atoms with E-state index in [0.29, 0.717) is 21.6 Å². The summed E-state index contributed by atoms with van der Waals surface area (Å²) in [4.78, 5) is 38.9. The van der Waals surface area contributed by atoms with Crippen LogP contribution in [0.5, 0.6) is 0 Å². The van der Waals surface area contributed by atoms with Crippen molar-refractivity contribution in [3.63, 3.8) is 0 Å². The Bertz CT molecular complexity index is 1040. The summed E-state index contributed by atoms with van der Waals surface area (Å²) in [6.07, 6.45) is 1.65. The van der Waals surface area contributed by atoms with Crippen LogP contribution < -0.4 is 5.32 Å². The molecule has 1 aromatic carbocycles. The molecule has 2 aromatic heterocycles. The lowest BCUT2D eigenvalue weighted by Crippen LogP contribution is -2.36. The van der Waals surface area contributed by atoms with Crippen LogP contribution in [0.4, 0.5) is 10.5 Å². The summed E-state index contributed by atoms with van der Waals surface area (Å²) in [6, 6.07) is 8.71. The molecule has 0 radical (unpaired) electrons. The van der Waals surface area contributed by atoms with Crippen molar-refractivity contribution >= 4 is 62.9 Å². The second-order valence-corrected chi connectivity index (χ2v) is 7.24. The molecule has 1 N–H and O–H groups in total. The molecule has 3 aromatic rings. The van der Waals surface area contributed by atoms with E-state index in [4.69, 9.17) is 0 Å². The van der Waals surface area contributed by atoms with Gasteiger partial charge in [-0.05, 0) is 51.7 Å². The number of benzene rings is 1. The van der Waals surface area contributed by atoms with Gasteiger partial charge in [0.25, 0.3) is 11.1 Å². The lowest BCUT2D eigenvalue weighted by molar-refractivity contribution is -0.127. The SMILES string of the molecule is O=C(CN1C(=O)S/C(=C/c2cccs2)C1=O)Nc1cccc2nonc12. The Morgan fingerprint density at radius 3 is 2.92 bits per heavy atom. The molecule has 3 amide bonds. The van der Waals surface area contributed by atoms with E-state index in [0.717, 1.165) is 21.5 Å². The van der Waals surface area contributed by atoms with E-state index < -0.39 is 17.1 Å². The van der Waals surface area contributed by atoms with Crippen molar-refractivity contribution in [2.45, 2.75) is 0 Å². The summed E-state index contributed by atoms with van der Waals surface area (Å²) in [5.41, 5.74) is 1.29. The third kappa shape index (κ3) is 3.11. The molecular weight excluding hydrogens is 376 g/mol. The van der Waals surface area contributed by atoms with Crippen molar-refractivity contribution in [1.29, 1.82) is 0 Å². The van der Waals surface area contributed by atoms with E-state index in [1.54, 1.807) is 24.3 Å². The molecule has 0 unspecified atom stereocenters. The number of fused-ring (bicyclic) bond motifs is 1. The minimum absolute atomic E-state index is 0.299. The van der Waals surface area contributed by atoms with Crippen LogP contribution in [0.15, 0.2) is 45.2 Å². The standard InChI is InChI=1S/C16H10N4O4S2/c21-13(17-10-4-1-5-11-14(10)19-24-18-11)8-20-15(22)12(26-16(20)23)7-9-3-2-6-25-9/h1-7H,8H2,(H,17,21)/b12-7+. The van der Waals surface area contributed by atoms with E-state index in [1.807, 2.05) is 17.5 Å². The van der Waals surface area contributed by atoms with Crippen molar-refractivity contribution in [3.8, 4) is 0 Å². The smallest absolute Gasteiger partial charge is 0.294 e. The Kier molecular flexibility index (Phi) is 4.27. The summed E-state index contributed by atoms with van der Waals surface area (Å²) in [5.74, 6) is -0.995. The quantitative estimate of drug-likeness (QED) is 0.687. The molecule has 3 heterocycles. The minimum atomic E-state index is -0.514. The van der Waals surface area contributed by atoms with Gasteiger partial charge in [-0.25, -0.2) is 4.63 Å². The summed E-state index contributed by atoms with van der Waals surface area (Å²) >= 11 is 2.28. The van der Waals surface area contributed by atoms with Gasteiger partial charge in [0.2, 0.25) is 5.91 Å². The Hall–Kier alpha value is -2.98. The summed E-state index contributed by atoms with van der Waals surface area (Å²) in [5, 5.41) is 11.4. The van der Waals surface area contributed by atoms with Crippen LogP contribution >= 0.6 is 23.1 Å².